The second-order valence-corrected chi connectivity index (χ2v) is 6.97. The fourth-order valence-corrected chi connectivity index (χ4v) is 3.54. The standard InChI is InChI=1S/C14H24N2S/c1-11-9-16(7-6-12(11)15)10-14(2,3)13-5-4-8-17-13/h4-5,8,11-12H,6-7,9-10,15H2,1-3H3. The molecule has 2 rings (SSSR count). The minimum absolute atomic E-state index is 0.259. The zero-order chi connectivity index (χ0) is 12.5. The molecule has 1 saturated heterocycles. The average Bonchev–Trinajstić information content (AvgIpc) is 2.77. The Bertz CT molecular complexity index is 345. The lowest BCUT2D eigenvalue weighted by molar-refractivity contribution is 0.140. The number of hydrogen-bond donors (Lipinski definition) is 1. The fraction of sp³-hybridized carbons (Fsp3) is 0.714. The van der Waals surface area contributed by atoms with Crippen LogP contribution in [0.3, 0.4) is 0 Å². The van der Waals surface area contributed by atoms with Crippen molar-refractivity contribution in [1.82, 2.24) is 4.90 Å². The number of likely N-dealkylation sites (tertiary alicyclic amines) is 1. The van der Waals surface area contributed by atoms with E-state index < -0.39 is 0 Å². The second kappa shape index (κ2) is 5.09. The summed E-state index contributed by atoms with van der Waals surface area (Å²) in [7, 11) is 0. The Hall–Kier alpha value is -0.380. The Morgan fingerprint density at radius 1 is 1.53 bits per heavy atom. The van der Waals surface area contributed by atoms with Gasteiger partial charge in [-0.2, -0.15) is 0 Å². The van der Waals surface area contributed by atoms with Crippen molar-refractivity contribution in [2.24, 2.45) is 11.7 Å². The Kier molecular flexibility index (Phi) is 3.91. The first-order chi connectivity index (χ1) is 7.99. The Balaban J connectivity index is 1.97. The van der Waals surface area contributed by atoms with Crippen LogP contribution in [0.15, 0.2) is 17.5 Å². The predicted molar refractivity (Wildman–Crippen MR) is 75.5 cm³/mol. The van der Waals surface area contributed by atoms with Crippen LogP contribution in [-0.4, -0.2) is 30.6 Å². The number of thiophene rings is 1. The normalized spacial score (nSPS) is 27.3. The maximum atomic E-state index is 6.07. The van der Waals surface area contributed by atoms with Crippen molar-refractivity contribution in [1.29, 1.82) is 0 Å². The van der Waals surface area contributed by atoms with Gasteiger partial charge in [-0.05, 0) is 30.3 Å². The van der Waals surface area contributed by atoms with E-state index in [0.29, 0.717) is 12.0 Å². The Morgan fingerprint density at radius 2 is 2.29 bits per heavy atom. The van der Waals surface area contributed by atoms with Gasteiger partial charge in [0.25, 0.3) is 0 Å². The van der Waals surface area contributed by atoms with E-state index >= 15 is 0 Å². The van der Waals surface area contributed by atoms with Gasteiger partial charge < -0.3 is 10.6 Å². The highest BCUT2D eigenvalue weighted by atomic mass is 32.1. The summed E-state index contributed by atoms with van der Waals surface area (Å²) in [6.45, 7) is 10.4. The van der Waals surface area contributed by atoms with Gasteiger partial charge in [0.05, 0.1) is 0 Å². The van der Waals surface area contributed by atoms with Gasteiger partial charge >= 0.3 is 0 Å². The van der Waals surface area contributed by atoms with Gasteiger partial charge in [-0.3, -0.25) is 0 Å². The third-order valence-corrected chi connectivity index (χ3v) is 5.10. The van der Waals surface area contributed by atoms with Crippen molar-refractivity contribution in [2.75, 3.05) is 19.6 Å². The highest BCUT2D eigenvalue weighted by Gasteiger charge is 2.29. The first-order valence-electron chi connectivity index (χ1n) is 6.51. The van der Waals surface area contributed by atoms with Crippen LogP contribution >= 0.6 is 11.3 Å². The summed E-state index contributed by atoms with van der Waals surface area (Å²) in [4.78, 5) is 4.06. The molecule has 2 N–H and O–H groups in total. The maximum Gasteiger partial charge on any atom is 0.0118 e. The van der Waals surface area contributed by atoms with Gasteiger partial charge in [-0.15, -0.1) is 11.3 Å². The van der Waals surface area contributed by atoms with E-state index in [2.05, 4.69) is 43.2 Å². The molecule has 1 aliphatic rings. The number of nitrogens with two attached hydrogens (primary N) is 1. The van der Waals surface area contributed by atoms with Crippen molar-refractivity contribution >= 4 is 11.3 Å². The number of hydrogen-bond acceptors (Lipinski definition) is 3. The monoisotopic (exact) mass is 252 g/mol. The van der Waals surface area contributed by atoms with E-state index in [-0.39, 0.29) is 5.41 Å². The lowest BCUT2D eigenvalue weighted by Gasteiger charge is -2.39. The van der Waals surface area contributed by atoms with Crippen molar-refractivity contribution in [3.05, 3.63) is 22.4 Å². The van der Waals surface area contributed by atoms with Gasteiger partial charge in [0.2, 0.25) is 0 Å². The van der Waals surface area contributed by atoms with Crippen molar-refractivity contribution in [3.8, 4) is 0 Å². The number of rotatable bonds is 3. The zero-order valence-corrected chi connectivity index (χ0v) is 12.0. The average molecular weight is 252 g/mol. The minimum Gasteiger partial charge on any atom is -0.327 e. The van der Waals surface area contributed by atoms with E-state index in [1.807, 2.05) is 11.3 Å². The van der Waals surface area contributed by atoms with E-state index in [4.69, 9.17) is 5.73 Å². The molecule has 1 aromatic rings. The van der Waals surface area contributed by atoms with Crippen molar-refractivity contribution < 1.29 is 0 Å². The van der Waals surface area contributed by atoms with Crippen LogP contribution in [0.4, 0.5) is 0 Å². The quantitative estimate of drug-likeness (QED) is 0.896. The molecule has 2 atom stereocenters. The maximum absolute atomic E-state index is 6.07. The summed E-state index contributed by atoms with van der Waals surface area (Å²) in [5.74, 6) is 0.628. The molecule has 0 aliphatic carbocycles. The molecule has 1 aliphatic heterocycles. The molecule has 1 fully saturated rings. The highest BCUT2D eigenvalue weighted by molar-refractivity contribution is 7.10. The molecule has 0 bridgehead atoms. The topological polar surface area (TPSA) is 29.3 Å². The van der Waals surface area contributed by atoms with Crippen molar-refractivity contribution in [3.63, 3.8) is 0 Å². The van der Waals surface area contributed by atoms with E-state index in [9.17, 15) is 0 Å². The minimum atomic E-state index is 0.259. The molecule has 1 aromatic heterocycles. The molecule has 0 radical (unpaired) electrons. The second-order valence-electron chi connectivity index (χ2n) is 6.03. The van der Waals surface area contributed by atoms with E-state index in [0.717, 1.165) is 26.1 Å². The molecule has 17 heavy (non-hydrogen) atoms. The molecule has 2 unspecified atom stereocenters. The predicted octanol–water partition coefficient (Wildman–Crippen LogP) is 2.69. The third kappa shape index (κ3) is 3.09. The van der Waals surface area contributed by atoms with Gasteiger partial charge in [0.1, 0.15) is 0 Å². The van der Waals surface area contributed by atoms with Crippen molar-refractivity contribution in [2.45, 2.75) is 38.6 Å². The number of piperidine rings is 1. The molecule has 96 valence electrons. The molecule has 2 heterocycles. The summed E-state index contributed by atoms with van der Waals surface area (Å²) < 4.78 is 0. The van der Waals surface area contributed by atoms with Crippen LogP contribution in [-0.2, 0) is 5.41 Å². The van der Waals surface area contributed by atoms with Crippen LogP contribution in [0.5, 0.6) is 0 Å². The lowest BCUT2D eigenvalue weighted by atomic mass is 9.88. The molecular weight excluding hydrogens is 228 g/mol. The van der Waals surface area contributed by atoms with Crippen LogP contribution in [0.2, 0.25) is 0 Å². The molecular formula is C14H24N2S. The van der Waals surface area contributed by atoms with Gasteiger partial charge in [-0.1, -0.05) is 26.8 Å². The molecule has 0 amide bonds. The first-order valence-corrected chi connectivity index (χ1v) is 7.39. The summed E-state index contributed by atoms with van der Waals surface area (Å²) in [6, 6.07) is 4.80. The van der Waals surface area contributed by atoms with Gasteiger partial charge in [0.15, 0.2) is 0 Å². The largest absolute Gasteiger partial charge is 0.327 e. The molecule has 2 nitrogen and oxygen atoms in total. The molecule has 3 heteroatoms. The first kappa shape index (κ1) is 13.1. The van der Waals surface area contributed by atoms with E-state index in [1.165, 1.54) is 4.88 Å². The highest BCUT2D eigenvalue weighted by Crippen LogP contribution is 2.29. The van der Waals surface area contributed by atoms with Crippen LogP contribution in [0, 0.1) is 5.92 Å². The Labute approximate surface area is 109 Å². The molecule has 0 saturated carbocycles. The zero-order valence-electron chi connectivity index (χ0n) is 11.1. The Morgan fingerprint density at radius 3 is 2.88 bits per heavy atom. The SMILES string of the molecule is CC1CN(CC(C)(C)c2cccs2)CCC1N. The summed E-state index contributed by atoms with van der Waals surface area (Å²) >= 11 is 1.87. The number of nitrogens with zero attached hydrogens (tertiary/aromatic N) is 1. The summed E-state index contributed by atoms with van der Waals surface area (Å²) in [5.41, 5.74) is 6.33. The smallest absolute Gasteiger partial charge is 0.0118 e. The van der Waals surface area contributed by atoms with E-state index in [1.54, 1.807) is 0 Å². The third-order valence-electron chi connectivity index (χ3n) is 3.86. The lowest BCUT2D eigenvalue weighted by Crippen LogP contribution is -2.49. The van der Waals surface area contributed by atoms with Crippen LogP contribution in [0.1, 0.15) is 32.1 Å². The van der Waals surface area contributed by atoms with Gasteiger partial charge in [0, 0.05) is 29.4 Å². The van der Waals surface area contributed by atoms with Crippen LogP contribution < -0.4 is 5.73 Å². The molecule has 0 spiro atoms. The summed E-state index contributed by atoms with van der Waals surface area (Å²) in [5, 5.41) is 2.17. The van der Waals surface area contributed by atoms with Gasteiger partial charge in [-0.25, -0.2) is 0 Å². The molecule has 0 aromatic carbocycles. The summed E-state index contributed by atoms with van der Waals surface area (Å²) in [6.07, 6.45) is 1.14. The van der Waals surface area contributed by atoms with Crippen LogP contribution in [0.25, 0.3) is 0 Å². The fourth-order valence-electron chi connectivity index (χ4n) is 2.69.